The molecule has 118 valence electrons. The maximum absolute atomic E-state index is 15.3. The van der Waals surface area contributed by atoms with E-state index in [2.05, 4.69) is 20.1 Å². The van der Waals surface area contributed by atoms with Gasteiger partial charge in [0, 0.05) is 37.8 Å². The van der Waals surface area contributed by atoms with Crippen molar-refractivity contribution in [3.05, 3.63) is 29.7 Å². The van der Waals surface area contributed by atoms with Crippen LogP contribution in [0.15, 0.2) is 16.9 Å². The molecule has 0 radical (unpaired) electrons. The van der Waals surface area contributed by atoms with E-state index in [0.29, 0.717) is 31.3 Å². The molecule has 2 fully saturated rings. The third-order valence-corrected chi connectivity index (χ3v) is 4.45. The Morgan fingerprint density at radius 3 is 3.05 bits per heavy atom. The van der Waals surface area contributed by atoms with Gasteiger partial charge in [0.05, 0.1) is 6.20 Å². The average Bonchev–Trinajstić information content (AvgIpc) is 3.06. The van der Waals surface area contributed by atoms with Crippen molar-refractivity contribution in [2.75, 3.05) is 13.1 Å². The predicted molar refractivity (Wildman–Crippen MR) is 76.8 cm³/mol. The van der Waals surface area contributed by atoms with Gasteiger partial charge in [0.15, 0.2) is 5.82 Å². The van der Waals surface area contributed by atoms with Crippen LogP contribution in [0, 0.1) is 0 Å². The van der Waals surface area contributed by atoms with Crippen LogP contribution in [0.1, 0.15) is 48.9 Å². The molecule has 4 rings (SSSR count). The van der Waals surface area contributed by atoms with Crippen molar-refractivity contribution in [3.63, 3.8) is 0 Å². The van der Waals surface area contributed by atoms with Gasteiger partial charge in [-0.15, -0.1) is 0 Å². The van der Waals surface area contributed by atoms with Crippen LogP contribution in [0.5, 0.6) is 0 Å². The normalized spacial score (nSPS) is 26.5. The molecule has 0 bridgehead atoms. The van der Waals surface area contributed by atoms with Crippen LogP contribution >= 0.6 is 0 Å². The van der Waals surface area contributed by atoms with Gasteiger partial charge in [-0.1, -0.05) is 5.16 Å². The van der Waals surface area contributed by atoms with Gasteiger partial charge >= 0.3 is 0 Å². The molecule has 1 atom stereocenters. The lowest BCUT2D eigenvalue weighted by Gasteiger charge is -2.34. The minimum Gasteiger partial charge on any atom is -0.336 e. The number of piperidine rings is 1. The second kappa shape index (κ2) is 5.15. The van der Waals surface area contributed by atoms with E-state index < -0.39 is 5.67 Å². The molecular weight excluding hydrogens is 285 g/mol. The van der Waals surface area contributed by atoms with Crippen molar-refractivity contribution in [2.45, 2.75) is 43.8 Å². The smallest absolute Gasteiger partial charge is 0.265 e. The molecule has 6 nitrogen and oxygen atoms in total. The molecule has 2 aromatic rings. The first kappa shape index (κ1) is 13.9. The fraction of sp³-hybridized carbons (Fsp3) is 0.667. The summed E-state index contributed by atoms with van der Waals surface area (Å²) in [6.07, 6.45) is 7.20. The summed E-state index contributed by atoms with van der Waals surface area (Å²) in [6, 6.07) is 0. The molecule has 0 N–H and O–H groups in total. The predicted octanol–water partition coefficient (Wildman–Crippen LogP) is 2.14. The Balaban J connectivity index is 1.48. The molecule has 0 aromatic carbocycles. The number of rotatable bonds is 4. The third kappa shape index (κ3) is 2.65. The summed E-state index contributed by atoms with van der Waals surface area (Å²) in [4.78, 5) is 6.42. The lowest BCUT2D eigenvalue weighted by Crippen LogP contribution is -2.43. The Bertz CT molecular complexity index is 664. The first-order chi connectivity index (χ1) is 10.6. The van der Waals surface area contributed by atoms with E-state index in [9.17, 15) is 0 Å². The second-order valence-corrected chi connectivity index (χ2v) is 6.53. The molecule has 1 aliphatic carbocycles. The molecule has 7 heteroatoms. The highest BCUT2D eigenvalue weighted by atomic mass is 19.1. The molecule has 1 unspecified atom stereocenters. The number of alkyl halides is 1. The van der Waals surface area contributed by atoms with Gasteiger partial charge in [0.25, 0.3) is 5.89 Å². The highest BCUT2D eigenvalue weighted by Crippen LogP contribution is 2.41. The zero-order chi connectivity index (χ0) is 15.2. The van der Waals surface area contributed by atoms with Gasteiger partial charge in [0.1, 0.15) is 0 Å². The van der Waals surface area contributed by atoms with Crippen molar-refractivity contribution < 1.29 is 8.91 Å². The number of aryl methyl sites for hydroxylation is 1. The molecule has 1 aliphatic heterocycles. The Labute approximate surface area is 128 Å². The topological polar surface area (TPSA) is 60.0 Å². The molecule has 3 heterocycles. The SMILES string of the molecule is Cn1cc(CN2CCCC(F)(c3nc(C4CC4)no3)C2)cn1. The van der Waals surface area contributed by atoms with Gasteiger partial charge < -0.3 is 4.52 Å². The lowest BCUT2D eigenvalue weighted by molar-refractivity contribution is 0.0124. The first-order valence-electron chi connectivity index (χ1n) is 7.85. The van der Waals surface area contributed by atoms with Gasteiger partial charge in [-0.3, -0.25) is 9.58 Å². The maximum Gasteiger partial charge on any atom is 0.265 e. The summed E-state index contributed by atoms with van der Waals surface area (Å²) in [5.41, 5.74) is -0.434. The minimum atomic E-state index is -1.53. The number of nitrogens with zero attached hydrogens (tertiary/aromatic N) is 5. The van der Waals surface area contributed by atoms with Gasteiger partial charge in [0.2, 0.25) is 5.67 Å². The van der Waals surface area contributed by atoms with Crippen molar-refractivity contribution in [1.29, 1.82) is 0 Å². The maximum atomic E-state index is 15.3. The summed E-state index contributed by atoms with van der Waals surface area (Å²) in [5, 5.41) is 8.11. The summed E-state index contributed by atoms with van der Waals surface area (Å²) in [6.45, 7) is 1.88. The standard InChI is InChI=1S/C15H20FN5O/c1-20-8-11(7-17-20)9-21-6-2-5-15(16,10-21)14-18-13(19-22-14)12-3-4-12/h7-8,12H,2-6,9-10H2,1H3. The van der Waals surface area contributed by atoms with Crippen molar-refractivity contribution in [1.82, 2.24) is 24.8 Å². The highest BCUT2D eigenvalue weighted by Gasteiger charge is 2.43. The van der Waals surface area contributed by atoms with E-state index in [1.165, 1.54) is 0 Å². The van der Waals surface area contributed by atoms with Crippen molar-refractivity contribution in [3.8, 4) is 0 Å². The summed E-state index contributed by atoms with van der Waals surface area (Å²) >= 11 is 0. The lowest BCUT2D eigenvalue weighted by atomic mass is 9.94. The summed E-state index contributed by atoms with van der Waals surface area (Å²) in [5.74, 6) is 1.22. The minimum absolute atomic E-state index is 0.158. The molecule has 2 aromatic heterocycles. The van der Waals surface area contributed by atoms with Crippen LogP contribution in [0.2, 0.25) is 0 Å². The van der Waals surface area contributed by atoms with E-state index in [0.717, 1.165) is 31.4 Å². The summed E-state index contributed by atoms with van der Waals surface area (Å²) < 4.78 is 22.3. The molecule has 1 saturated heterocycles. The highest BCUT2D eigenvalue weighted by molar-refractivity contribution is 5.10. The Kier molecular flexibility index (Phi) is 3.25. The number of hydrogen-bond acceptors (Lipinski definition) is 5. The van der Waals surface area contributed by atoms with Crippen LogP contribution in [-0.4, -0.2) is 37.9 Å². The van der Waals surface area contributed by atoms with Crippen LogP contribution in [-0.2, 0) is 19.3 Å². The van der Waals surface area contributed by atoms with Gasteiger partial charge in [-0.2, -0.15) is 10.1 Å². The Hall–Kier alpha value is -1.76. The quantitative estimate of drug-likeness (QED) is 0.866. The average molecular weight is 305 g/mol. The number of halogens is 1. The van der Waals surface area contributed by atoms with Crippen molar-refractivity contribution >= 4 is 0 Å². The number of hydrogen-bond donors (Lipinski definition) is 0. The molecule has 0 spiro atoms. The Morgan fingerprint density at radius 1 is 1.45 bits per heavy atom. The van der Waals surface area contributed by atoms with E-state index in [1.807, 2.05) is 19.4 Å². The summed E-state index contributed by atoms with van der Waals surface area (Å²) in [7, 11) is 1.89. The van der Waals surface area contributed by atoms with Gasteiger partial charge in [-0.05, 0) is 32.2 Å². The van der Waals surface area contributed by atoms with E-state index in [1.54, 1.807) is 4.68 Å². The van der Waals surface area contributed by atoms with E-state index in [-0.39, 0.29) is 5.89 Å². The van der Waals surface area contributed by atoms with Crippen LogP contribution in [0.3, 0.4) is 0 Å². The fourth-order valence-corrected chi connectivity index (χ4v) is 3.14. The van der Waals surface area contributed by atoms with Crippen LogP contribution < -0.4 is 0 Å². The van der Waals surface area contributed by atoms with Crippen molar-refractivity contribution in [2.24, 2.45) is 7.05 Å². The van der Waals surface area contributed by atoms with Crippen LogP contribution in [0.25, 0.3) is 0 Å². The van der Waals surface area contributed by atoms with Gasteiger partial charge in [-0.25, -0.2) is 4.39 Å². The zero-order valence-corrected chi connectivity index (χ0v) is 12.7. The molecule has 2 aliphatic rings. The zero-order valence-electron chi connectivity index (χ0n) is 12.7. The fourth-order valence-electron chi connectivity index (χ4n) is 3.14. The second-order valence-electron chi connectivity index (χ2n) is 6.53. The van der Waals surface area contributed by atoms with E-state index in [4.69, 9.17) is 4.52 Å². The number of likely N-dealkylation sites (tertiary alicyclic amines) is 1. The third-order valence-electron chi connectivity index (χ3n) is 4.45. The Morgan fingerprint density at radius 2 is 2.32 bits per heavy atom. The monoisotopic (exact) mass is 305 g/mol. The molecule has 1 saturated carbocycles. The van der Waals surface area contributed by atoms with E-state index >= 15 is 4.39 Å². The number of aromatic nitrogens is 4. The molecular formula is C15H20FN5O. The largest absolute Gasteiger partial charge is 0.336 e. The van der Waals surface area contributed by atoms with Crippen LogP contribution in [0.4, 0.5) is 4.39 Å². The molecule has 0 amide bonds. The molecule has 22 heavy (non-hydrogen) atoms. The first-order valence-corrected chi connectivity index (χ1v) is 7.85.